The molecule has 1 saturated heterocycles. The number of ketones is 1. The Morgan fingerprint density at radius 1 is 0.952 bits per heavy atom. The van der Waals surface area contributed by atoms with Gasteiger partial charge in [0.2, 0.25) is 0 Å². The number of benzene rings is 4. The predicted octanol–water partition coefficient (Wildman–Crippen LogP) is 6.86. The zero-order valence-corrected chi connectivity index (χ0v) is 23.6. The normalized spacial score (nSPS) is 16.0. The number of nitriles is 1. The Morgan fingerprint density at radius 2 is 1.69 bits per heavy atom. The van der Waals surface area contributed by atoms with E-state index in [1.165, 1.54) is 4.90 Å². The molecule has 1 N–H and O–H groups in total. The third-order valence-electron chi connectivity index (χ3n) is 6.95. The molecule has 0 bridgehead atoms. The molecule has 0 aromatic heterocycles. The van der Waals surface area contributed by atoms with Gasteiger partial charge in [0.15, 0.2) is 0 Å². The van der Waals surface area contributed by atoms with Gasteiger partial charge in [-0.15, -0.1) is 0 Å². The maximum absolute atomic E-state index is 13.6. The van der Waals surface area contributed by atoms with E-state index in [2.05, 4.69) is 6.07 Å². The molecule has 1 aliphatic heterocycles. The highest BCUT2D eigenvalue weighted by atomic mass is 16.5. The van der Waals surface area contributed by atoms with E-state index in [-0.39, 0.29) is 17.4 Å². The molecule has 210 valence electrons. The number of hydrogen-bond acceptors (Lipinski definition) is 6. The molecule has 1 fully saturated rings. The van der Waals surface area contributed by atoms with Crippen molar-refractivity contribution in [3.63, 3.8) is 0 Å². The summed E-state index contributed by atoms with van der Waals surface area (Å²) in [5, 5.41) is 20.8. The van der Waals surface area contributed by atoms with Gasteiger partial charge < -0.3 is 14.6 Å². The van der Waals surface area contributed by atoms with E-state index in [9.17, 15) is 20.0 Å². The van der Waals surface area contributed by atoms with Crippen LogP contribution in [0.4, 0.5) is 5.69 Å². The summed E-state index contributed by atoms with van der Waals surface area (Å²) >= 11 is 0. The van der Waals surface area contributed by atoms with Crippen molar-refractivity contribution >= 4 is 23.1 Å². The van der Waals surface area contributed by atoms with Crippen LogP contribution in [-0.2, 0) is 16.2 Å². The number of carbonyl (C=O) groups is 2. The largest absolute Gasteiger partial charge is 0.507 e. The van der Waals surface area contributed by atoms with Crippen LogP contribution in [0.1, 0.15) is 47.7 Å². The monoisotopic (exact) mass is 558 g/mol. The van der Waals surface area contributed by atoms with Crippen molar-refractivity contribution in [1.82, 2.24) is 0 Å². The second kappa shape index (κ2) is 12.0. The number of rotatable bonds is 8. The molecule has 4 aromatic carbocycles. The third kappa shape index (κ3) is 5.74. The molecule has 0 radical (unpaired) electrons. The second-order valence-corrected chi connectivity index (χ2v) is 10.3. The molecule has 7 heteroatoms. The molecule has 4 aromatic rings. The molecule has 1 aliphatic rings. The number of aliphatic hydroxyl groups is 1. The Hall–Kier alpha value is -5.35. The van der Waals surface area contributed by atoms with Crippen LogP contribution in [0.2, 0.25) is 0 Å². The number of aliphatic hydroxyl groups excluding tert-OH is 1. The van der Waals surface area contributed by atoms with Crippen LogP contribution >= 0.6 is 0 Å². The zero-order valence-electron chi connectivity index (χ0n) is 23.6. The van der Waals surface area contributed by atoms with E-state index in [1.54, 1.807) is 66.7 Å². The van der Waals surface area contributed by atoms with Crippen molar-refractivity contribution in [3.05, 3.63) is 130 Å². The summed E-state index contributed by atoms with van der Waals surface area (Å²) in [5.74, 6) is -0.658. The van der Waals surface area contributed by atoms with E-state index >= 15 is 0 Å². The van der Waals surface area contributed by atoms with Crippen LogP contribution < -0.4 is 14.4 Å². The van der Waals surface area contributed by atoms with Gasteiger partial charge in [0, 0.05) is 11.3 Å². The molecule has 0 saturated carbocycles. The van der Waals surface area contributed by atoms with Crippen molar-refractivity contribution < 1.29 is 24.2 Å². The van der Waals surface area contributed by atoms with Crippen LogP contribution in [0.25, 0.3) is 5.76 Å². The lowest BCUT2D eigenvalue weighted by Gasteiger charge is -2.26. The van der Waals surface area contributed by atoms with Gasteiger partial charge in [-0.1, -0.05) is 42.5 Å². The van der Waals surface area contributed by atoms with Gasteiger partial charge in [0.25, 0.3) is 11.7 Å². The van der Waals surface area contributed by atoms with E-state index in [1.807, 2.05) is 51.1 Å². The first-order chi connectivity index (χ1) is 20.3. The fraction of sp³-hybridized carbons (Fsp3) is 0.171. The number of amides is 1. The van der Waals surface area contributed by atoms with Crippen LogP contribution in [-0.4, -0.2) is 22.9 Å². The Balaban J connectivity index is 1.58. The highest BCUT2D eigenvalue weighted by molar-refractivity contribution is 6.51. The summed E-state index contributed by atoms with van der Waals surface area (Å²) in [6.07, 6.45) is -0.0873. The van der Waals surface area contributed by atoms with Gasteiger partial charge in [0.1, 0.15) is 23.9 Å². The first-order valence-electron chi connectivity index (χ1n) is 13.6. The Kier molecular flexibility index (Phi) is 8.07. The quantitative estimate of drug-likeness (QED) is 0.144. The number of hydrogen-bond donors (Lipinski definition) is 1. The number of ether oxygens (including phenoxy) is 2. The fourth-order valence-electron chi connectivity index (χ4n) is 4.99. The molecular weight excluding hydrogens is 528 g/mol. The number of anilines is 1. The maximum Gasteiger partial charge on any atom is 0.300 e. The van der Waals surface area contributed by atoms with Crippen LogP contribution in [0.3, 0.4) is 0 Å². The summed E-state index contributed by atoms with van der Waals surface area (Å²) < 4.78 is 11.9. The van der Waals surface area contributed by atoms with Gasteiger partial charge in [-0.2, -0.15) is 5.26 Å². The van der Waals surface area contributed by atoms with Crippen LogP contribution in [0.5, 0.6) is 11.5 Å². The fourth-order valence-corrected chi connectivity index (χ4v) is 4.99. The Bertz CT molecular complexity index is 1700. The standard InChI is InChI=1S/C35H30N2O5/c1-22(2)42-29-11-7-10-26(19-29)32-31(34(39)35(40)37(32)28-15-12-24(20-36)13-16-28)33(38)27-14-17-30(23(3)18-27)41-21-25-8-5-4-6-9-25/h4-19,22,32,38H,21H2,1-3H3/b33-31+. The molecule has 0 aliphatic carbocycles. The molecule has 42 heavy (non-hydrogen) atoms. The average molecular weight is 559 g/mol. The lowest BCUT2D eigenvalue weighted by Crippen LogP contribution is -2.29. The lowest BCUT2D eigenvalue weighted by atomic mass is 9.94. The second-order valence-electron chi connectivity index (χ2n) is 10.3. The summed E-state index contributed by atoms with van der Waals surface area (Å²) in [6.45, 7) is 6.06. The average Bonchev–Trinajstić information content (AvgIpc) is 3.26. The SMILES string of the molecule is Cc1cc(/C(O)=C2\C(=O)C(=O)N(c3ccc(C#N)cc3)C2c2cccc(OC(C)C)c2)ccc1OCc1ccccc1. The number of Topliss-reactive ketones (excluding diaryl/α,β-unsaturated/α-hetero) is 1. The van der Waals surface area contributed by atoms with Crippen molar-refractivity contribution in [2.45, 2.75) is 39.5 Å². The minimum atomic E-state index is -0.928. The van der Waals surface area contributed by atoms with Gasteiger partial charge in [-0.05, 0) is 92.1 Å². The maximum atomic E-state index is 13.6. The molecule has 1 amide bonds. The summed E-state index contributed by atoms with van der Waals surface area (Å²) in [7, 11) is 0. The number of aryl methyl sites for hydroxylation is 1. The molecule has 5 rings (SSSR count). The predicted molar refractivity (Wildman–Crippen MR) is 160 cm³/mol. The minimum absolute atomic E-state index is 0.0385. The van der Waals surface area contributed by atoms with Crippen LogP contribution in [0.15, 0.2) is 103 Å². The van der Waals surface area contributed by atoms with Crippen molar-refractivity contribution in [2.75, 3.05) is 4.90 Å². The first kappa shape index (κ1) is 28.2. The molecule has 1 atom stereocenters. The molecule has 0 spiro atoms. The van der Waals surface area contributed by atoms with E-state index in [0.717, 1.165) is 11.1 Å². The van der Waals surface area contributed by atoms with E-state index < -0.39 is 17.7 Å². The topological polar surface area (TPSA) is 99.9 Å². The summed E-state index contributed by atoms with van der Waals surface area (Å²) in [6, 6.07) is 29.6. The Labute approximate surface area is 244 Å². The molecule has 7 nitrogen and oxygen atoms in total. The van der Waals surface area contributed by atoms with Gasteiger partial charge >= 0.3 is 0 Å². The van der Waals surface area contributed by atoms with Crippen molar-refractivity contribution in [1.29, 1.82) is 5.26 Å². The first-order valence-corrected chi connectivity index (χ1v) is 13.6. The van der Waals surface area contributed by atoms with E-state index in [0.29, 0.717) is 40.5 Å². The highest BCUT2D eigenvalue weighted by Crippen LogP contribution is 2.43. The highest BCUT2D eigenvalue weighted by Gasteiger charge is 2.47. The smallest absolute Gasteiger partial charge is 0.300 e. The van der Waals surface area contributed by atoms with E-state index in [4.69, 9.17) is 9.47 Å². The van der Waals surface area contributed by atoms with Gasteiger partial charge in [-0.25, -0.2) is 0 Å². The molecule has 1 heterocycles. The third-order valence-corrected chi connectivity index (χ3v) is 6.95. The minimum Gasteiger partial charge on any atom is -0.507 e. The summed E-state index contributed by atoms with van der Waals surface area (Å²) in [4.78, 5) is 28.4. The molecular formula is C35H30N2O5. The Morgan fingerprint density at radius 3 is 2.36 bits per heavy atom. The lowest BCUT2D eigenvalue weighted by molar-refractivity contribution is -0.132. The van der Waals surface area contributed by atoms with Crippen molar-refractivity contribution in [3.8, 4) is 17.6 Å². The number of carbonyl (C=O) groups excluding carboxylic acids is 2. The molecule has 1 unspecified atom stereocenters. The van der Waals surface area contributed by atoms with Gasteiger partial charge in [0.05, 0.1) is 29.4 Å². The zero-order chi connectivity index (χ0) is 29.8. The van der Waals surface area contributed by atoms with Crippen LogP contribution in [0, 0.1) is 18.3 Å². The van der Waals surface area contributed by atoms with Gasteiger partial charge in [-0.3, -0.25) is 14.5 Å². The summed E-state index contributed by atoms with van der Waals surface area (Å²) in [5.41, 5.74) is 3.58. The number of nitrogens with zero attached hydrogens (tertiary/aromatic N) is 2. The van der Waals surface area contributed by atoms with Crippen molar-refractivity contribution in [2.24, 2.45) is 0 Å².